The lowest BCUT2D eigenvalue weighted by atomic mass is 10.1. The zero-order valence-electron chi connectivity index (χ0n) is 16.1. The van der Waals surface area contributed by atoms with E-state index in [1.165, 1.54) is 28.6 Å². The molecule has 154 valence electrons. The van der Waals surface area contributed by atoms with Crippen LogP contribution in [0.25, 0.3) is 0 Å². The molecule has 0 aliphatic carbocycles. The van der Waals surface area contributed by atoms with Gasteiger partial charge in [0.2, 0.25) is 15.9 Å². The summed E-state index contributed by atoms with van der Waals surface area (Å²) in [6, 6.07) is 10.6. The molecule has 2 aromatic rings. The van der Waals surface area contributed by atoms with E-state index >= 15 is 0 Å². The number of rotatable bonds is 6. The van der Waals surface area contributed by atoms with E-state index in [2.05, 4.69) is 5.32 Å². The first-order chi connectivity index (χ1) is 13.8. The standard InChI is InChI=1S/C20H23N3O5S/c1-15-5-8-17(23(25)26)14-19(15)21-20(24)13-16-6-9-18(10-7-16)29(27,28)22-11-3-2-4-12-22/h5-10,14H,2-4,11-13H2,1H3,(H,21,24). The van der Waals surface area contributed by atoms with Crippen LogP contribution in [-0.4, -0.2) is 36.6 Å². The lowest BCUT2D eigenvalue weighted by Gasteiger charge is -2.25. The number of hydrogen-bond acceptors (Lipinski definition) is 5. The van der Waals surface area contributed by atoms with Crippen molar-refractivity contribution in [3.8, 4) is 0 Å². The van der Waals surface area contributed by atoms with Crippen molar-refractivity contribution in [2.24, 2.45) is 0 Å². The first-order valence-electron chi connectivity index (χ1n) is 9.41. The first kappa shape index (κ1) is 20.9. The second-order valence-corrected chi connectivity index (χ2v) is 9.03. The Morgan fingerprint density at radius 2 is 1.76 bits per heavy atom. The van der Waals surface area contributed by atoms with Gasteiger partial charge in [-0.25, -0.2) is 8.42 Å². The van der Waals surface area contributed by atoms with E-state index in [1.807, 2.05) is 0 Å². The summed E-state index contributed by atoms with van der Waals surface area (Å²) < 4.78 is 26.9. The minimum absolute atomic E-state index is 0.0339. The Labute approximate surface area is 169 Å². The highest BCUT2D eigenvalue weighted by molar-refractivity contribution is 7.89. The molecule has 1 heterocycles. The van der Waals surface area contributed by atoms with Gasteiger partial charge >= 0.3 is 0 Å². The van der Waals surface area contributed by atoms with Crippen molar-refractivity contribution in [2.75, 3.05) is 18.4 Å². The molecular weight excluding hydrogens is 394 g/mol. The molecule has 8 nitrogen and oxygen atoms in total. The van der Waals surface area contributed by atoms with Gasteiger partial charge in [-0.05, 0) is 43.0 Å². The lowest BCUT2D eigenvalue weighted by molar-refractivity contribution is -0.384. The van der Waals surface area contributed by atoms with E-state index in [1.54, 1.807) is 25.1 Å². The van der Waals surface area contributed by atoms with Gasteiger partial charge in [0.1, 0.15) is 0 Å². The zero-order valence-corrected chi connectivity index (χ0v) is 16.9. The summed E-state index contributed by atoms with van der Waals surface area (Å²) in [5.41, 5.74) is 1.65. The molecule has 1 amide bonds. The van der Waals surface area contributed by atoms with Gasteiger partial charge in [0, 0.05) is 25.2 Å². The molecule has 3 rings (SSSR count). The number of amides is 1. The van der Waals surface area contributed by atoms with E-state index in [-0.39, 0.29) is 22.9 Å². The summed E-state index contributed by atoms with van der Waals surface area (Å²) in [5, 5.41) is 13.6. The molecule has 0 spiro atoms. The number of carbonyl (C=O) groups is 1. The van der Waals surface area contributed by atoms with E-state index in [4.69, 9.17) is 0 Å². The van der Waals surface area contributed by atoms with Gasteiger partial charge in [0.05, 0.1) is 21.9 Å². The Morgan fingerprint density at radius 1 is 1.10 bits per heavy atom. The van der Waals surface area contributed by atoms with Crippen LogP contribution in [-0.2, 0) is 21.2 Å². The molecule has 0 aromatic heterocycles. The Balaban J connectivity index is 1.67. The molecule has 0 atom stereocenters. The Bertz CT molecular complexity index is 1010. The van der Waals surface area contributed by atoms with Crippen LogP contribution in [0.1, 0.15) is 30.4 Å². The normalized spacial score (nSPS) is 15.1. The van der Waals surface area contributed by atoms with E-state index in [0.29, 0.717) is 29.9 Å². The average Bonchev–Trinajstić information content (AvgIpc) is 2.70. The van der Waals surface area contributed by atoms with Crippen LogP contribution in [0.5, 0.6) is 0 Å². The SMILES string of the molecule is Cc1ccc([N+](=O)[O-])cc1NC(=O)Cc1ccc(S(=O)(=O)N2CCCCC2)cc1. The summed E-state index contributed by atoms with van der Waals surface area (Å²) in [6.07, 6.45) is 2.82. The van der Waals surface area contributed by atoms with E-state index in [0.717, 1.165) is 19.3 Å². The summed E-state index contributed by atoms with van der Waals surface area (Å²) in [4.78, 5) is 22.9. The van der Waals surface area contributed by atoms with Gasteiger partial charge in [0.15, 0.2) is 0 Å². The number of aryl methyl sites for hydroxylation is 1. The lowest BCUT2D eigenvalue weighted by Crippen LogP contribution is -2.35. The van der Waals surface area contributed by atoms with Crippen molar-refractivity contribution in [3.63, 3.8) is 0 Å². The smallest absolute Gasteiger partial charge is 0.271 e. The van der Waals surface area contributed by atoms with Crippen molar-refractivity contribution < 1.29 is 18.1 Å². The van der Waals surface area contributed by atoms with Gasteiger partial charge < -0.3 is 5.32 Å². The van der Waals surface area contributed by atoms with Crippen molar-refractivity contribution >= 4 is 27.3 Å². The van der Waals surface area contributed by atoms with Crippen LogP contribution >= 0.6 is 0 Å². The molecule has 1 N–H and O–H groups in total. The molecule has 0 radical (unpaired) electrons. The third-order valence-electron chi connectivity index (χ3n) is 4.95. The molecule has 1 fully saturated rings. The average molecular weight is 417 g/mol. The van der Waals surface area contributed by atoms with Crippen molar-refractivity contribution in [3.05, 3.63) is 63.7 Å². The Hall–Kier alpha value is -2.78. The Kier molecular flexibility index (Phi) is 6.29. The third-order valence-corrected chi connectivity index (χ3v) is 6.86. The second kappa shape index (κ2) is 8.71. The number of nitrogens with zero attached hydrogens (tertiary/aromatic N) is 2. The number of hydrogen-bond donors (Lipinski definition) is 1. The molecular formula is C20H23N3O5S. The highest BCUT2D eigenvalue weighted by Crippen LogP contribution is 2.23. The number of nitro groups is 1. The monoisotopic (exact) mass is 417 g/mol. The molecule has 1 aliphatic rings. The summed E-state index contributed by atoms with van der Waals surface area (Å²) in [5.74, 6) is -0.333. The molecule has 2 aromatic carbocycles. The fraction of sp³-hybridized carbons (Fsp3) is 0.350. The minimum Gasteiger partial charge on any atom is -0.325 e. The van der Waals surface area contributed by atoms with Crippen LogP contribution in [0.2, 0.25) is 0 Å². The largest absolute Gasteiger partial charge is 0.325 e. The third kappa shape index (κ3) is 4.99. The van der Waals surface area contributed by atoms with Crippen molar-refractivity contribution in [1.82, 2.24) is 4.31 Å². The maximum Gasteiger partial charge on any atom is 0.271 e. The van der Waals surface area contributed by atoms with Crippen LogP contribution < -0.4 is 5.32 Å². The summed E-state index contributed by atoms with van der Waals surface area (Å²) in [6.45, 7) is 2.82. The minimum atomic E-state index is -3.51. The van der Waals surface area contributed by atoms with Gasteiger partial charge in [-0.2, -0.15) is 4.31 Å². The number of nitro benzene ring substituents is 1. The fourth-order valence-electron chi connectivity index (χ4n) is 3.27. The van der Waals surface area contributed by atoms with Gasteiger partial charge in [0.25, 0.3) is 5.69 Å². The van der Waals surface area contributed by atoms with Crippen LogP contribution in [0.3, 0.4) is 0 Å². The number of nitrogens with one attached hydrogen (secondary N) is 1. The Morgan fingerprint density at radius 3 is 2.38 bits per heavy atom. The highest BCUT2D eigenvalue weighted by atomic mass is 32.2. The van der Waals surface area contributed by atoms with Crippen molar-refractivity contribution in [1.29, 1.82) is 0 Å². The molecule has 0 bridgehead atoms. The number of sulfonamides is 1. The number of non-ortho nitro benzene ring substituents is 1. The van der Waals surface area contributed by atoms with E-state index < -0.39 is 14.9 Å². The first-order valence-corrected chi connectivity index (χ1v) is 10.9. The number of benzene rings is 2. The topological polar surface area (TPSA) is 110 Å². The van der Waals surface area contributed by atoms with Crippen LogP contribution in [0, 0.1) is 17.0 Å². The number of anilines is 1. The molecule has 1 saturated heterocycles. The van der Waals surface area contributed by atoms with Gasteiger partial charge in [-0.1, -0.05) is 24.6 Å². The maximum atomic E-state index is 12.7. The zero-order chi connectivity index (χ0) is 21.0. The van der Waals surface area contributed by atoms with Gasteiger partial charge in [-0.3, -0.25) is 14.9 Å². The second-order valence-electron chi connectivity index (χ2n) is 7.09. The predicted molar refractivity (Wildman–Crippen MR) is 109 cm³/mol. The van der Waals surface area contributed by atoms with Gasteiger partial charge in [-0.15, -0.1) is 0 Å². The maximum absolute atomic E-state index is 12.7. The summed E-state index contributed by atoms with van der Waals surface area (Å²) in [7, 11) is -3.51. The van der Waals surface area contributed by atoms with Crippen LogP contribution in [0.15, 0.2) is 47.4 Å². The number of carbonyl (C=O) groups excluding carboxylic acids is 1. The molecule has 29 heavy (non-hydrogen) atoms. The quantitative estimate of drug-likeness (QED) is 0.573. The van der Waals surface area contributed by atoms with E-state index in [9.17, 15) is 23.3 Å². The highest BCUT2D eigenvalue weighted by Gasteiger charge is 2.25. The van der Waals surface area contributed by atoms with Crippen molar-refractivity contribution in [2.45, 2.75) is 37.5 Å². The molecule has 9 heteroatoms. The molecule has 0 saturated carbocycles. The number of piperidine rings is 1. The predicted octanol–water partition coefficient (Wildman–Crippen LogP) is 3.26. The fourth-order valence-corrected chi connectivity index (χ4v) is 4.79. The molecule has 0 unspecified atom stereocenters. The molecule has 1 aliphatic heterocycles. The van der Waals surface area contributed by atoms with Crippen LogP contribution in [0.4, 0.5) is 11.4 Å². The summed E-state index contributed by atoms with van der Waals surface area (Å²) >= 11 is 0.